The number of carbonyl (C=O) groups is 3. The van der Waals surface area contributed by atoms with Gasteiger partial charge in [0.15, 0.2) is 17.5 Å². The molecule has 23 heavy (non-hydrogen) atoms. The van der Waals surface area contributed by atoms with Crippen LogP contribution in [0.25, 0.3) is 16.2 Å². The average molecular weight is 347 g/mol. The molecule has 0 spiro atoms. The summed E-state index contributed by atoms with van der Waals surface area (Å²) >= 11 is 7.71. The smallest absolute Gasteiger partial charge is 0.329 e. The highest BCUT2D eigenvalue weighted by Gasteiger charge is 2.36. The van der Waals surface area contributed by atoms with Crippen molar-refractivity contribution in [2.45, 2.75) is 6.92 Å². The largest absolute Gasteiger partial charge is 0.430 e. The molecule has 0 saturated carbocycles. The van der Waals surface area contributed by atoms with E-state index in [1.54, 1.807) is 0 Å². The first-order valence-corrected chi connectivity index (χ1v) is 7.99. The van der Waals surface area contributed by atoms with E-state index in [9.17, 15) is 14.4 Å². The molecule has 4 nitrogen and oxygen atoms in total. The standard InChI is InChI=1S/C17H11ClO4S/c1-9-8-12(20)15(17(21)22-9)11(19)6-7-14-16(18)10-4-2-3-5-13(10)23-14/h2-8,15H,1H3. The van der Waals surface area contributed by atoms with Gasteiger partial charge in [-0.25, -0.2) is 0 Å². The number of cyclic esters (lactones) is 1. The van der Waals surface area contributed by atoms with Crippen LogP contribution in [0.3, 0.4) is 0 Å². The zero-order valence-electron chi connectivity index (χ0n) is 12.0. The molecule has 1 unspecified atom stereocenters. The second-order valence-corrected chi connectivity index (χ2v) is 6.49. The number of carbonyl (C=O) groups excluding carboxylic acids is 3. The summed E-state index contributed by atoms with van der Waals surface area (Å²) in [6.45, 7) is 1.49. The Bertz CT molecular complexity index is 891. The van der Waals surface area contributed by atoms with Crippen LogP contribution in [0.2, 0.25) is 5.02 Å². The Hall–Kier alpha value is -2.24. The van der Waals surface area contributed by atoms with Crippen LogP contribution in [0.5, 0.6) is 0 Å². The van der Waals surface area contributed by atoms with Gasteiger partial charge in [0.05, 0.1) is 5.02 Å². The number of thiophene rings is 1. The zero-order chi connectivity index (χ0) is 16.6. The molecule has 0 bridgehead atoms. The van der Waals surface area contributed by atoms with E-state index < -0.39 is 23.5 Å². The maximum Gasteiger partial charge on any atom is 0.329 e. The molecular weight excluding hydrogens is 336 g/mol. The highest BCUT2D eigenvalue weighted by atomic mass is 35.5. The summed E-state index contributed by atoms with van der Waals surface area (Å²) in [5.41, 5.74) is 0. The van der Waals surface area contributed by atoms with Crippen LogP contribution < -0.4 is 0 Å². The van der Waals surface area contributed by atoms with Crippen LogP contribution in [0.15, 0.2) is 42.2 Å². The summed E-state index contributed by atoms with van der Waals surface area (Å²) in [5.74, 6) is -3.25. The number of fused-ring (bicyclic) bond motifs is 1. The SMILES string of the molecule is CC1=CC(=O)C(C(=O)C=Cc2sc3ccccc3c2Cl)C(=O)O1. The molecule has 1 aliphatic rings. The fourth-order valence-electron chi connectivity index (χ4n) is 2.30. The number of esters is 1. The van der Waals surface area contributed by atoms with Crippen molar-refractivity contribution in [1.29, 1.82) is 0 Å². The van der Waals surface area contributed by atoms with Gasteiger partial charge < -0.3 is 4.74 Å². The van der Waals surface area contributed by atoms with Crippen LogP contribution in [-0.2, 0) is 19.1 Å². The molecule has 0 aliphatic carbocycles. The molecular formula is C17H11ClO4S. The van der Waals surface area contributed by atoms with Gasteiger partial charge in [-0.3, -0.25) is 14.4 Å². The average Bonchev–Trinajstić information content (AvgIpc) is 2.81. The predicted octanol–water partition coefficient (Wildman–Crippen LogP) is 3.78. The minimum Gasteiger partial charge on any atom is -0.430 e. The van der Waals surface area contributed by atoms with Gasteiger partial charge in [-0.15, -0.1) is 11.3 Å². The lowest BCUT2D eigenvalue weighted by atomic mass is 9.96. The van der Waals surface area contributed by atoms with Crippen molar-refractivity contribution in [2.75, 3.05) is 0 Å². The maximum atomic E-state index is 12.1. The highest BCUT2D eigenvalue weighted by Crippen LogP contribution is 2.36. The molecule has 3 rings (SSSR count). The molecule has 1 aromatic heterocycles. The molecule has 1 atom stereocenters. The van der Waals surface area contributed by atoms with Crippen LogP contribution in [0.1, 0.15) is 11.8 Å². The fourth-order valence-corrected chi connectivity index (χ4v) is 3.70. The molecule has 116 valence electrons. The van der Waals surface area contributed by atoms with E-state index in [1.165, 1.54) is 30.4 Å². The third-order valence-electron chi connectivity index (χ3n) is 3.37. The minimum atomic E-state index is -1.43. The molecule has 0 N–H and O–H groups in total. The number of allylic oxidation sites excluding steroid dienone is 3. The molecule has 0 amide bonds. The molecule has 6 heteroatoms. The van der Waals surface area contributed by atoms with Crippen molar-refractivity contribution in [3.05, 3.63) is 52.1 Å². The monoisotopic (exact) mass is 346 g/mol. The first-order chi connectivity index (χ1) is 11.0. The summed E-state index contributed by atoms with van der Waals surface area (Å²) < 4.78 is 5.83. The van der Waals surface area contributed by atoms with Crippen molar-refractivity contribution in [3.63, 3.8) is 0 Å². The Morgan fingerprint density at radius 1 is 1.30 bits per heavy atom. The van der Waals surface area contributed by atoms with Gasteiger partial charge in [0.2, 0.25) is 0 Å². The normalized spacial score (nSPS) is 18.3. The van der Waals surface area contributed by atoms with Crippen LogP contribution in [-0.4, -0.2) is 17.5 Å². The second-order valence-electron chi connectivity index (χ2n) is 5.02. The van der Waals surface area contributed by atoms with Gasteiger partial charge in [-0.2, -0.15) is 0 Å². The number of benzene rings is 1. The first kappa shape index (κ1) is 15.6. The lowest BCUT2D eigenvalue weighted by Gasteiger charge is -2.15. The third-order valence-corrected chi connectivity index (χ3v) is 5.03. The van der Waals surface area contributed by atoms with Gasteiger partial charge in [0.1, 0.15) is 5.76 Å². The summed E-state index contributed by atoms with van der Waals surface area (Å²) in [7, 11) is 0. The van der Waals surface area contributed by atoms with Gasteiger partial charge in [0.25, 0.3) is 0 Å². The van der Waals surface area contributed by atoms with Crippen molar-refractivity contribution < 1.29 is 19.1 Å². The zero-order valence-corrected chi connectivity index (χ0v) is 13.6. The van der Waals surface area contributed by atoms with Gasteiger partial charge in [-0.1, -0.05) is 29.8 Å². The van der Waals surface area contributed by atoms with E-state index in [0.717, 1.165) is 16.2 Å². The van der Waals surface area contributed by atoms with Gasteiger partial charge >= 0.3 is 5.97 Å². The lowest BCUT2D eigenvalue weighted by Crippen LogP contribution is -2.34. The Morgan fingerprint density at radius 3 is 2.74 bits per heavy atom. The number of rotatable bonds is 3. The second kappa shape index (κ2) is 6.10. The van der Waals surface area contributed by atoms with Crippen molar-refractivity contribution in [2.24, 2.45) is 5.92 Å². The quantitative estimate of drug-likeness (QED) is 0.482. The predicted molar refractivity (Wildman–Crippen MR) is 89.2 cm³/mol. The molecule has 1 aromatic carbocycles. The first-order valence-electron chi connectivity index (χ1n) is 6.80. The highest BCUT2D eigenvalue weighted by molar-refractivity contribution is 7.20. The molecule has 0 saturated heterocycles. The van der Waals surface area contributed by atoms with Crippen molar-refractivity contribution in [1.82, 2.24) is 0 Å². The minimum absolute atomic E-state index is 0.195. The summed E-state index contributed by atoms with van der Waals surface area (Å²) in [4.78, 5) is 36.4. The number of halogens is 1. The van der Waals surface area contributed by atoms with E-state index >= 15 is 0 Å². The number of ketones is 2. The molecule has 0 fully saturated rings. The van der Waals surface area contributed by atoms with Crippen LogP contribution in [0.4, 0.5) is 0 Å². The van der Waals surface area contributed by atoms with E-state index in [0.29, 0.717) is 9.90 Å². The van der Waals surface area contributed by atoms with Crippen molar-refractivity contribution in [3.8, 4) is 0 Å². The Morgan fingerprint density at radius 2 is 2.04 bits per heavy atom. The maximum absolute atomic E-state index is 12.1. The van der Waals surface area contributed by atoms with Gasteiger partial charge in [-0.05, 0) is 25.1 Å². The van der Waals surface area contributed by atoms with E-state index in [1.807, 2.05) is 24.3 Å². The molecule has 2 heterocycles. The van der Waals surface area contributed by atoms with E-state index in [4.69, 9.17) is 16.3 Å². The third kappa shape index (κ3) is 2.98. The van der Waals surface area contributed by atoms with Crippen LogP contribution in [0, 0.1) is 5.92 Å². The Kier molecular flexibility index (Phi) is 4.15. The molecule has 2 aromatic rings. The summed E-state index contributed by atoms with van der Waals surface area (Å²) in [5, 5.41) is 1.45. The number of ether oxygens (including phenoxy) is 1. The van der Waals surface area contributed by atoms with Crippen molar-refractivity contribution >= 4 is 56.6 Å². The topological polar surface area (TPSA) is 60.4 Å². The van der Waals surface area contributed by atoms with E-state index in [2.05, 4.69) is 0 Å². The van der Waals surface area contributed by atoms with Gasteiger partial charge in [0, 0.05) is 21.0 Å². The Balaban J connectivity index is 1.87. The number of hydrogen-bond acceptors (Lipinski definition) is 5. The Labute approximate surface area is 141 Å². The summed E-state index contributed by atoms with van der Waals surface area (Å²) in [6, 6.07) is 7.60. The molecule has 1 aliphatic heterocycles. The number of hydrogen-bond donors (Lipinski definition) is 0. The fraction of sp³-hybridized carbons (Fsp3) is 0.118. The lowest BCUT2D eigenvalue weighted by molar-refractivity contribution is -0.151. The van der Waals surface area contributed by atoms with E-state index in [-0.39, 0.29) is 5.76 Å². The summed E-state index contributed by atoms with van der Waals surface area (Å²) in [6.07, 6.45) is 3.89. The molecule has 0 radical (unpaired) electrons. The van der Waals surface area contributed by atoms with Crippen LogP contribution >= 0.6 is 22.9 Å².